The molecule has 4 rings (SSSR count). The Bertz CT molecular complexity index is 881. The first-order chi connectivity index (χ1) is 11.6. The van der Waals surface area contributed by atoms with Gasteiger partial charge in [0, 0.05) is 26.1 Å². The van der Waals surface area contributed by atoms with Crippen LogP contribution in [-0.4, -0.2) is 10.9 Å². The minimum atomic E-state index is -0.156. The lowest BCUT2D eigenvalue weighted by molar-refractivity contribution is 0.368. The summed E-state index contributed by atoms with van der Waals surface area (Å²) in [7, 11) is 0. The molecule has 6 heteroatoms. The quantitative estimate of drug-likeness (QED) is 0.771. The molecule has 3 nitrogen and oxygen atoms in total. The molecule has 0 amide bonds. The van der Waals surface area contributed by atoms with Crippen LogP contribution in [0.1, 0.15) is 35.3 Å². The van der Waals surface area contributed by atoms with E-state index >= 15 is 0 Å². The monoisotopic (exact) mass is 373 g/mol. The largest absolute Gasteiger partial charge is 0.379 e. The van der Waals surface area contributed by atoms with Gasteiger partial charge in [-0.1, -0.05) is 23.4 Å². The molecule has 24 heavy (non-hydrogen) atoms. The Hall–Kier alpha value is -1.48. The molecule has 1 aliphatic carbocycles. The third kappa shape index (κ3) is 2.63. The third-order valence-corrected chi connectivity index (χ3v) is 7.11. The lowest BCUT2D eigenvalue weighted by atomic mass is 9.78. The van der Waals surface area contributed by atoms with Crippen LogP contribution < -0.4 is 5.73 Å². The molecule has 0 saturated heterocycles. The van der Waals surface area contributed by atoms with Gasteiger partial charge in [-0.15, -0.1) is 11.3 Å². The molecule has 0 saturated carbocycles. The van der Waals surface area contributed by atoms with Crippen molar-refractivity contribution in [3.05, 3.63) is 45.3 Å². The maximum Gasteiger partial charge on any atom is 0.154 e. The van der Waals surface area contributed by atoms with Gasteiger partial charge < -0.3 is 5.73 Å². The summed E-state index contributed by atoms with van der Waals surface area (Å²) in [6, 6.07) is 9.86. The number of aryl methyl sites for hydroxylation is 1. The number of amidine groups is 1. The van der Waals surface area contributed by atoms with Gasteiger partial charge in [0.1, 0.15) is 0 Å². The number of fused-ring (bicyclic) bond motifs is 2. The maximum absolute atomic E-state index is 9.17. The third-order valence-electron chi connectivity index (χ3n) is 4.76. The summed E-state index contributed by atoms with van der Waals surface area (Å²) < 4.78 is 0. The second-order valence-electron chi connectivity index (χ2n) is 6.19. The van der Waals surface area contributed by atoms with Crippen LogP contribution in [0, 0.1) is 11.3 Å². The Morgan fingerprint density at radius 2 is 2.17 bits per heavy atom. The van der Waals surface area contributed by atoms with Gasteiger partial charge in [-0.05, 0) is 55.5 Å². The number of aliphatic imine (C=N–C) groups is 1. The number of nitrogens with two attached hydrogens (primary N) is 1. The van der Waals surface area contributed by atoms with Crippen molar-refractivity contribution in [2.45, 2.75) is 31.2 Å². The van der Waals surface area contributed by atoms with Crippen LogP contribution in [0.4, 0.5) is 0 Å². The number of thiophene rings is 1. The van der Waals surface area contributed by atoms with E-state index in [0.717, 1.165) is 41.9 Å². The number of thioether (sulfide) groups is 1. The first kappa shape index (κ1) is 16.0. The Morgan fingerprint density at radius 3 is 2.96 bits per heavy atom. The van der Waals surface area contributed by atoms with E-state index in [1.807, 2.05) is 6.07 Å². The summed E-state index contributed by atoms with van der Waals surface area (Å²) in [5, 5.41) is 10.6. The fraction of sp³-hybridized carbons (Fsp3) is 0.333. The van der Waals surface area contributed by atoms with Gasteiger partial charge in [0.15, 0.2) is 5.17 Å². The molecule has 1 aromatic heterocycles. The summed E-state index contributed by atoms with van der Waals surface area (Å²) in [5.41, 5.74) is 8.76. The van der Waals surface area contributed by atoms with E-state index in [1.54, 1.807) is 35.2 Å². The summed E-state index contributed by atoms with van der Waals surface area (Å²) >= 11 is 9.82. The van der Waals surface area contributed by atoms with E-state index in [2.05, 4.69) is 12.1 Å². The average molecular weight is 374 g/mol. The second-order valence-corrected chi connectivity index (χ2v) is 8.85. The highest BCUT2D eigenvalue weighted by atomic mass is 35.5. The SMILES string of the molecule is N#Cc1ccc(Cl)c(-c2cc3c(s2)CCCC32CCSC(N)=N2)c1. The van der Waals surface area contributed by atoms with Crippen molar-refractivity contribution in [2.24, 2.45) is 10.7 Å². The van der Waals surface area contributed by atoms with E-state index in [-0.39, 0.29) is 5.54 Å². The highest BCUT2D eigenvalue weighted by molar-refractivity contribution is 8.13. The molecule has 1 unspecified atom stereocenters. The van der Waals surface area contributed by atoms with Gasteiger partial charge in [-0.3, -0.25) is 4.99 Å². The number of halogens is 1. The predicted octanol–water partition coefficient (Wildman–Crippen LogP) is 4.92. The summed E-state index contributed by atoms with van der Waals surface area (Å²) in [4.78, 5) is 7.36. The first-order valence-electron chi connectivity index (χ1n) is 7.93. The van der Waals surface area contributed by atoms with Crippen LogP contribution in [0.3, 0.4) is 0 Å². The lowest BCUT2D eigenvalue weighted by Gasteiger charge is -2.36. The number of nitrogens with zero attached hydrogens (tertiary/aromatic N) is 2. The molecule has 0 radical (unpaired) electrons. The Balaban J connectivity index is 1.84. The Morgan fingerprint density at radius 1 is 1.29 bits per heavy atom. The van der Waals surface area contributed by atoms with Crippen LogP contribution in [0.5, 0.6) is 0 Å². The molecular formula is C18H16ClN3S2. The van der Waals surface area contributed by atoms with Crippen LogP contribution >= 0.6 is 34.7 Å². The van der Waals surface area contributed by atoms with Gasteiger partial charge in [0.05, 0.1) is 17.2 Å². The van der Waals surface area contributed by atoms with E-state index in [4.69, 9.17) is 27.6 Å². The zero-order valence-electron chi connectivity index (χ0n) is 13.0. The van der Waals surface area contributed by atoms with Crippen molar-refractivity contribution in [2.75, 3.05) is 5.75 Å². The highest BCUT2D eigenvalue weighted by Crippen LogP contribution is 2.49. The first-order valence-corrected chi connectivity index (χ1v) is 10.1. The average Bonchev–Trinajstić information content (AvgIpc) is 3.01. The molecule has 2 N–H and O–H groups in total. The zero-order chi connectivity index (χ0) is 16.7. The number of hydrogen-bond donors (Lipinski definition) is 1. The van der Waals surface area contributed by atoms with Crippen molar-refractivity contribution in [1.29, 1.82) is 5.26 Å². The normalized spacial score (nSPS) is 22.8. The number of hydrogen-bond acceptors (Lipinski definition) is 5. The van der Waals surface area contributed by atoms with Gasteiger partial charge in [-0.2, -0.15) is 5.26 Å². The van der Waals surface area contributed by atoms with Crippen LogP contribution in [0.25, 0.3) is 10.4 Å². The molecule has 1 aliphatic heterocycles. The molecule has 0 bridgehead atoms. The van der Waals surface area contributed by atoms with Crippen molar-refractivity contribution < 1.29 is 0 Å². The van der Waals surface area contributed by atoms with Crippen molar-refractivity contribution in [3.8, 4) is 16.5 Å². The summed E-state index contributed by atoms with van der Waals surface area (Å²) in [6.07, 6.45) is 4.32. The van der Waals surface area contributed by atoms with E-state index in [1.165, 1.54) is 10.4 Å². The number of benzene rings is 1. The number of nitriles is 1. The van der Waals surface area contributed by atoms with Crippen molar-refractivity contribution in [1.82, 2.24) is 0 Å². The molecule has 2 aliphatic rings. The fourth-order valence-corrected chi connectivity index (χ4v) is 6.09. The molecule has 2 aromatic rings. The van der Waals surface area contributed by atoms with Gasteiger partial charge in [0.25, 0.3) is 0 Å². The summed E-state index contributed by atoms with van der Waals surface area (Å²) in [5.74, 6) is 1.02. The fourth-order valence-electron chi connectivity index (χ4n) is 3.60. The highest BCUT2D eigenvalue weighted by Gasteiger charge is 2.39. The zero-order valence-corrected chi connectivity index (χ0v) is 15.4. The lowest BCUT2D eigenvalue weighted by Crippen LogP contribution is -2.34. The van der Waals surface area contributed by atoms with Crippen molar-refractivity contribution in [3.63, 3.8) is 0 Å². The topological polar surface area (TPSA) is 62.2 Å². The van der Waals surface area contributed by atoms with Gasteiger partial charge in [-0.25, -0.2) is 0 Å². The Kier molecular flexibility index (Phi) is 4.07. The molecule has 0 fully saturated rings. The number of rotatable bonds is 1. The van der Waals surface area contributed by atoms with Crippen molar-refractivity contribution >= 4 is 39.9 Å². The van der Waals surface area contributed by atoms with Crippen LogP contribution in [0.15, 0.2) is 29.3 Å². The molecule has 122 valence electrons. The predicted molar refractivity (Wildman–Crippen MR) is 103 cm³/mol. The molecule has 1 spiro atoms. The second kappa shape index (κ2) is 6.11. The smallest absolute Gasteiger partial charge is 0.154 e. The van der Waals surface area contributed by atoms with Gasteiger partial charge in [0.2, 0.25) is 0 Å². The standard InChI is InChI=1S/C18H16ClN3S2/c19-14-4-3-11(10-20)8-12(14)16-9-13-15(24-16)2-1-5-18(13)6-7-23-17(21)22-18/h3-4,8-9H,1-2,5-7H2,(H2,21,22). The van der Waals surface area contributed by atoms with E-state index in [9.17, 15) is 0 Å². The van der Waals surface area contributed by atoms with E-state index < -0.39 is 0 Å². The summed E-state index contributed by atoms with van der Waals surface area (Å²) in [6.45, 7) is 0. The van der Waals surface area contributed by atoms with Crippen LogP contribution in [0.2, 0.25) is 5.02 Å². The molecule has 1 atom stereocenters. The molecule has 1 aromatic carbocycles. The van der Waals surface area contributed by atoms with E-state index in [0.29, 0.717) is 15.8 Å². The minimum Gasteiger partial charge on any atom is -0.379 e. The van der Waals surface area contributed by atoms with Crippen LogP contribution in [-0.2, 0) is 12.0 Å². The van der Waals surface area contributed by atoms with Gasteiger partial charge >= 0.3 is 0 Å². The molecule has 2 heterocycles. The minimum absolute atomic E-state index is 0.156. The Labute approximate surface area is 154 Å². The maximum atomic E-state index is 9.17. The molecular weight excluding hydrogens is 358 g/mol.